The van der Waals surface area contributed by atoms with Crippen molar-refractivity contribution in [2.75, 3.05) is 19.6 Å². The maximum Gasteiger partial charge on any atom is 0.256 e. The third-order valence-corrected chi connectivity index (χ3v) is 5.54. The highest BCUT2D eigenvalue weighted by molar-refractivity contribution is 6.04. The van der Waals surface area contributed by atoms with Gasteiger partial charge >= 0.3 is 0 Å². The molecule has 1 amide bonds. The summed E-state index contributed by atoms with van der Waals surface area (Å²) in [5.41, 5.74) is 3.21. The van der Waals surface area contributed by atoms with Gasteiger partial charge in [0.05, 0.1) is 11.6 Å². The van der Waals surface area contributed by atoms with Gasteiger partial charge in [0, 0.05) is 25.6 Å². The highest BCUT2D eigenvalue weighted by Gasteiger charge is 2.47. The van der Waals surface area contributed by atoms with Gasteiger partial charge in [0.1, 0.15) is 11.0 Å². The second-order valence-corrected chi connectivity index (χ2v) is 6.89. The first-order chi connectivity index (χ1) is 12.3. The number of carbonyl (C=O) groups is 1. The minimum absolute atomic E-state index is 0.0442. The standard InChI is InChI=1S/C19H19N5O/c25-19(14-7-4-8-16-17(14)22-23-21-16)24-11-13-9-20-10-15(13)18(24)12-5-2-1-3-6-12/h1-8,13,15,18,20H,9-11H2,(H,21,22,23)/t13-,15-,18-/m0/s1. The number of likely N-dealkylation sites (tertiary alicyclic amines) is 1. The smallest absolute Gasteiger partial charge is 0.256 e. The van der Waals surface area contributed by atoms with Gasteiger partial charge in [0.25, 0.3) is 5.91 Å². The topological polar surface area (TPSA) is 73.9 Å². The normalized spacial score (nSPS) is 25.4. The van der Waals surface area contributed by atoms with E-state index in [9.17, 15) is 4.79 Å². The number of amides is 1. The summed E-state index contributed by atoms with van der Waals surface area (Å²) < 4.78 is 0. The summed E-state index contributed by atoms with van der Waals surface area (Å²) in [5, 5.41) is 14.4. The first-order valence-corrected chi connectivity index (χ1v) is 8.69. The molecule has 2 aromatic carbocycles. The van der Waals surface area contributed by atoms with Crippen LogP contribution in [0.4, 0.5) is 0 Å². The van der Waals surface area contributed by atoms with Crippen LogP contribution in [0.2, 0.25) is 0 Å². The fourth-order valence-corrected chi connectivity index (χ4v) is 4.40. The summed E-state index contributed by atoms with van der Waals surface area (Å²) in [6.45, 7) is 2.72. The van der Waals surface area contributed by atoms with E-state index >= 15 is 0 Å². The average Bonchev–Trinajstić information content (AvgIpc) is 3.36. The fourth-order valence-electron chi connectivity index (χ4n) is 4.40. The van der Waals surface area contributed by atoms with Crippen LogP contribution < -0.4 is 5.32 Å². The SMILES string of the molecule is O=C(c1cccc2n[nH]nc12)N1C[C@@H]2CNC[C@@H]2[C@@H]1c1ccccc1. The van der Waals surface area contributed by atoms with Crippen molar-refractivity contribution >= 4 is 16.9 Å². The number of hydrogen-bond donors (Lipinski definition) is 2. The quantitative estimate of drug-likeness (QED) is 0.752. The lowest BCUT2D eigenvalue weighted by Crippen LogP contribution is -2.34. The Bertz CT molecular complexity index is 922. The third-order valence-electron chi connectivity index (χ3n) is 5.54. The van der Waals surface area contributed by atoms with E-state index in [1.807, 2.05) is 41.3 Å². The lowest BCUT2D eigenvalue weighted by Gasteiger charge is -2.28. The van der Waals surface area contributed by atoms with Gasteiger partial charge in [-0.15, -0.1) is 0 Å². The second kappa shape index (κ2) is 5.67. The van der Waals surface area contributed by atoms with Crippen LogP contribution in [0.25, 0.3) is 11.0 Å². The summed E-state index contributed by atoms with van der Waals surface area (Å²) in [5.74, 6) is 1.01. The Kier molecular flexibility index (Phi) is 3.31. The molecule has 126 valence electrons. The molecular weight excluding hydrogens is 314 g/mol. The molecule has 6 nitrogen and oxygen atoms in total. The summed E-state index contributed by atoms with van der Waals surface area (Å²) in [6, 6.07) is 16.1. The number of benzene rings is 2. The molecule has 1 aromatic heterocycles. The number of nitrogens with one attached hydrogen (secondary N) is 2. The van der Waals surface area contributed by atoms with E-state index in [1.54, 1.807) is 0 Å². The highest BCUT2D eigenvalue weighted by Crippen LogP contribution is 2.43. The second-order valence-electron chi connectivity index (χ2n) is 6.89. The number of aromatic nitrogens is 3. The summed E-state index contributed by atoms with van der Waals surface area (Å²) in [4.78, 5) is 15.4. The molecule has 3 aromatic rings. The van der Waals surface area contributed by atoms with E-state index in [4.69, 9.17) is 0 Å². The molecule has 3 atom stereocenters. The molecule has 3 heterocycles. The molecule has 25 heavy (non-hydrogen) atoms. The van der Waals surface area contributed by atoms with Gasteiger partial charge in [0.2, 0.25) is 0 Å². The Labute approximate surface area is 145 Å². The van der Waals surface area contributed by atoms with Crippen molar-refractivity contribution in [1.29, 1.82) is 0 Å². The fraction of sp³-hybridized carbons (Fsp3) is 0.316. The van der Waals surface area contributed by atoms with Crippen LogP contribution in [0.5, 0.6) is 0 Å². The number of fused-ring (bicyclic) bond motifs is 2. The van der Waals surface area contributed by atoms with Crippen LogP contribution >= 0.6 is 0 Å². The molecule has 2 fully saturated rings. The zero-order chi connectivity index (χ0) is 16.8. The molecule has 5 rings (SSSR count). The molecule has 0 saturated carbocycles. The van der Waals surface area contributed by atoms with Crippen LogP contribution in [0.3, 0.4) is 0 Å². The third kappa shape index (κ3) is 2.25. The number of rotatable bonds is 2. The number of aromatic amines is 1. The molecule has 0 unspecified atom stereocenters. The van der Waals surface area contributed by atoms with Crippen LogP contribution in [-0.4, -0.2) is 45.9 Å². The Hall–Kier alpha value is -2.73. The van der Waals surface area contributed by atoms with Gasteiger partial charge in [-0.2, -0.15) is 15.4 Å². The van der Waals surface area contributed by atoms with Crippen molar-refractivity contribution in [3.63, 3.8) is 0 Å². The van der Waals surface area contributed by atoms with Gasteiger partial charge in [-0.25, -0.2) is 0 Å². The van der Waals surface area contributed by atoms with Gasteiger partial charge in [-0.05, 0) is 23.6 Å². The number of nitrogens with zero attached hydrogens (tertiary/aromatic N) is 3. The molecule has 0 bridgehead atoms. The lowest BCUT2D eigenvalue weighted by atomic mass is 9.89. The van der Waals surface area contributed by atoms with Crippen molar-refractivity contribution in [3.8, 4) is 0 Å². The minimum atomic E-state index is 0.0442. The Balaban J connectivity index is 1.57. The summed E-state index contributed by atoms with van der Waals surface area (Å²) in [7, 11) is 0. The minimum Gasteiger partial charge on any atom is -0.331 e. The van der Waals surface area contributed by atoms with E-state index in [-0.39, 0.29) is 11.9 Å². The predicted octanol–water partition coefficient (Wildman–Crippen LogP) is 1.99. The van der Waals surface area contributed by atoms with Crippen LogP contribution in [0.15, 0.2) is 48.5 Å². The molecule has 0 radical (unpaired) electrons. The molecule has 2 saturated heterocycles. The van der Waals surface area contributed by atoms with Gasteiger partial charge in [0.15, 0.2) is 0 Å². The first kappa shape index (κ1) is 14.6. The van der Waals surface area contributed by atoms with Crippen LogP contribution in [0, 0.1) is 11.8 Å². The van der Waals surface area contributed by atoms with E-state index in [0.29, 0.717) is 22.9 Å². The van der Waals surface area contributed by atoms with Gasteiger partial charge in [-0.1, -0.05) is 36.4 Å². The van der Waals surface area contributed by atoms with Gasteiger partial charge < -0.3 is 10.2 Å². The first-order valence-electron chi connectivity index (χ1n) is 8.69. The summed E-state index contributed by atoms with van der Waals surface area (Å²) >= 11 is 0. The van der Waals surface area contributed by atoms with Crippen molar-refractivity contribution < 1.29 is 4.79 Å². The number of para-hydroxylation sites is 1. The Morgan fingerprint density at radius 2 is 1.92 bits per heavy atom. The zero-order valence-corrected chi connectivity index (χ0v) is 13.7. The lowest BCUT2D eigenvalue weighted by molar-refractivity contribution is 0.0716. The van der Waals surface area contributed by atoms with Crippen LogP contribution in [-0.2, 0) is 0 Å². The summed E-state index contributed by atoms with van der Waals surface area (Å²) in [6.07, 6.45) is 0. The van der Waals surface area contributed by atoms with Gasteiger partial charge in [-0.3, -0.25) is 4.79 Å². The molecule has 0 aliphatic carbocycles. The van der Waals surface area contributed by atoms with E-state index < -0.39 is 0 Å². The van der Waals surface area contributed by atoms with E-state index in [2.05, 4.69) is 32.9 Å². The Morgan fingerprint density at radius 1 is 1.04 bits per heavy atom. The Morgan fingerprint density at radius 3 is 2.80 bits per heavy atom. The highest BCUT2D eigenvalue weighted by atomic mass is 16.2. The largest absolute Gasteiger partial charge is 0.331 e. The van der Waals surface area contributed by atoms with Crippen LogP contribution in [0.1, 0.15) is 22.0 Å². The molecule has 2 N–H and O–H groups in total. The maximum atomic E-state index is 13.4. The maximum absolute atomic E-state index is 13.4. The van der Waals surface area contributed by atoms with Crippen molar-refractivity contribution in [2.45, 2.75) is 6.04 Å². The van der Waals surface area contributed by atoms with E-state index in [0.717, 1.165) is 25.2 Å². The zero-order valence-electron chi connectivity index (χ0n) is 13.7. The molecular formula is C19H19N5O. The van der Waals surface area contributed by atoms with Crippen molar-refractivity contribution in [3.05, 3.63) is 59.7 Å². The number of carbonyl (C=O) groups excluding carboxylic acids is 1. The molecule has 6 heteroatoms. The molecule has 2 aliphatic heterocycles. The number of hydrogen-bond acceptors (Lipinski definition) is 4. The molecule has 0 spiro atoms. The predicted molar refractivity (Wildman–Crippen MR) is 94.0 cm³/mol. The average molecular weight is 333 g/mol. The molecule has 2 aliphatic rings. The monoisotopic (exact) mass is 333 g/mol. The van der Waals surface area contributed by atoms with Crippen molar-refractivity contribution in [2.24, 2.45) is 11.8 Å². The number of H-pyrrole nitrogens is 1. The van der Waals surface area contributed by atoms with E-state index in [1.165, 1.54) is 5.56 Å². The van der Waals surface area contributed by atoms with Crippen molar-refractivity contribution in [1.82, 2.24) is 25.6 Å².